The maximum atomic E-state index is 8.79. The predicted molar refractivity (Wildman–Crippen MR) is 68.6 cm³/mol. The molecule has 0 amide bonds. The van der Waals surface area contributed by atoms with Crippen molar-refractivity contribution in [2.75, 3.05) is 17.7 Å². The van der Waals surface area contributed by atoms with Crippen molar-refractivity contribution in [2.24, 2.45) is 0 Å². The first-order valence-electron chi connectivity index (χ1n) is 5.09. The third kappa shape index (κ3) is 2.89. The summed E-state index contributed by atoms with van der Waals surface area (Å²) in [7, 11) is 0. The highest BCUT2D eigenvalue weighted by molar-refractivity contribution is 9.10. The van der Waals surface area contributed by atoms with Gasteiger partial charge in [-0.05, 0) is 31.0 Å². The Bertz CT molecular complexity index is 345. The molecule has 2 rings (SSSR count). The largest absolute Gasteiger partial charge is 0.396 e. The molecule has 82 valence electrons. The van der Waals surface area contributed by atoms with Gasteiger partial charge in [0.1, 0.15) is 0 Å². The molecule has 1 atom stereocenters. The quantitative estimate of drug-likeness (QED) is 0.896. The molecule has 0 fully saturated rings. The lowest BCUT2D eigenvalue weighted by atomic mass is 10.1. The number of benzene rings is 1. The van der Waals surface area contributed by atoms with Crippen LogP contribution in [0.1, 0.15) is 12.8 Å². The molecule has 1 heterocycles. The number of hydrogen-bond donors (Lipinski definition) is 2. The minimum atomic E-state index is 0.286. The first kappa shape index (κ1) is 11.3. The number of halogens is 1. The number of thioether (sulfide) groups is 1. The summed E-state index contributed by atoms with van der Waals surface area (Å²) in [5.41, 5.74) is 1.21. The fourth-order valence-corrected chi connectivity index (χ4v) is 3.12. The summed E-state index contributed by atoms with van der Waals surface area (Å²) < 4.78 is 1.11. The van der Waals surface area contributed by atoms with E-state index >= 15 is 0 Å². The second kappa shape index (κ2) is 5.23. The van der Waals surface area contributed by atoms with E-state index in [-0.39, 0.29) is 6.61 Å². The molecular formula is C11H14BrNOS. The number of nitrogens with one attached hydrogen (secondary N) is 1. The Hall–Kier alpha value is -0.190. The molecule has 0 saturated carbocycles. The molecule has 0 aromatic heterocycles. The molecule has 0 bridgehead atoms. The van der Waals surface area contributed by atoms with Gasteiger partial charge in [0.15, 0.2) is 0 Å². The first-order valence-corrected chi connectivity index (χ1v) is 6.87. The van der Waals surface area contributed by atoms with Crippen LogP contribution in [0.2, 0.25) is 0 Å². The van der Waals surface area contributed by atoms with Crippen LogP contribution >= 0.6 is 27.7 Å². The molecule has 2 N–H and O–H groups in total. The summed E-state index contributed by atoms with van der Waals surface area (Å²) in [5, 5.41) is 12.3. The number of rotatable bonds is 3. The molecule has 1 aliphatic rings. The standard InChI is InChI=1S/C11H14BrNOS/c12-8-3-4-11-10(6-8)13-9(7-15-11)2-1-5-14/h3-4,6,9,13-14H,1-2,5,7H2. The summed E-state index contributed by atoms with van der Waals surface area (Å²) in [6.07, 6.45) is 1.91. The second-order valence-corrected chi connectivity index (χ2v) is 5.64. The molecule has 0 aliphatic carbocycles. The fraction of sp³-hybridized carbons (Fsp3) is 0.455. The molecule has 15 heavy (non-hydrogen) atoms. The Balaban J connectivity index is 2.05. The maximum Gasteiger partial charge on any atom is 0.0492 e. The van der Waals surface area contributed by atoms with Gasteiger partial charge in [-0.3, -0.25) is 0 Å². The van der Waals surface area contributed by atoms with E-state index in [1.54, 1.807) is 0 Å². The highest BCUT2D eigenvalue weighted by atomic mass is 79.9. The van der Waals surface area contributed by atoms with E-state index in [1.807, 2.05) is 11.8 Å². The third-order valence-electron chi connectivity index (χ3n) is 2.45. The monoisotopic (exact) mass is 287 g/mol. The zero-order valence-electron chi connectivity index (χ0n) is 8.37. The van der Waals surface area contributed by atoms with Crippen LogP contribution in [0.5, 0.6) is 0 Å². The lowest BCUT2D eigenvalue weighted by Gasteiger charge is -2.26. The normalized spacial score (nSPS) is 19.5. The number of aliphatic hydroxyl groups excluding tert-OH is 1. The Morgan fingerprint density at radius 1 is 1.53 bits per heavy atom. The van der Waals surface area contributed by atoms with Crippen LogP contribution in [0.3, 0.4) is 0 Å². The number of fused-ring (bicyclic) bond motifs is 1. The molecule has 1 aliphatic heterocycles. The van der Waals surface area contributed by atoms with Crippen LogP contribution in [0.15, 0.2) is 27.6 Å². The third-order valence-corrected chi connectivity index (χ3v) is 4.18. The van der Waals surface area contributed by atoms with Gasteiger partial charge in [-0.25, -0.2) is 0 Å². The topological polar surface area (TPSA) is 32.3 Å². The molecule has 1 unspecified atom stereocenters. The van der Waals surface area contributed by atoms with Gasteiger partial charge in [-0.1, -0.05) is 15.9 Å². The van der Waals surface area contributed by atoms with Crippen LogP contribution in [0.25, 0.3) is 0 Å². The van der Waals surface area contributed by atoms with Crippen LogP contribution in [-0.4, -0.2) is 23.5 Å². The molecule has 1 aromatic carbocycles. The zero-order chi connectivity index (χ0) is 10.7. The maximum absolute atomic E-state index is 8.79. The average molecular weight is 288 g/mol. The van der Waals surface area contributed by atoms with E-state index in [0.717, 1.165) is 23.1 Å². The van der Waals surface area contributed by atoms with Crippen LogP contribution < -0.4 is 5.32 Å². The highest BCUT2D eigenvalue weighted by Crippen LogP contribution is 2.35. The Labute approximate surface area is 103 Å². The van der Waals surface area contributed by atoms with E-state index in [4.69, 9.17) is 5.11 Å². The minimum Gasteiger partial charge on any atom is -0.396 e. The molecule has 2 nitrogen and oxygen atoms in total. The molecule has 4 heteroatoms. The van der Waals surface area contributed by atoms with Gasteiger partial charge in [-0.15, -0.1) is 11.8 Å². The average Bonchev–Trinajstić information content (AvgIpc) is 2.25. The van der Waals surface area contributed by atoms with Gasteiger partial charge in [0.05, 0.1) is 0 Å². The van der Waals surface area contributed by atoms with Crippen molar-refractivity contribution < 1.29 is 5.11 Å². The summed E-state index contributed by atoms with van der Waals surface area (Å²) in [4.78, 5) is 1.32. The Morgan fingerprint density at radius 3 is 3.20 bits per heavy atom. The Morgan fingerprint density at radius 2 is 2.40 bits per heavy atom. The summed E-state index contributed by atoms with van der Waals surface area (Å²) in [5.74, 6) is 1.09. The lowest BCUT2D eigenvalue weighted by molar-refractivity contribution is 0.282. The van der Waals surface area contributed by atoms with Crippen molar-refractivity contribution in [3.8, 4) is 0 Å². The van der Waals surface area contributed by atoms with E-state index in [9.17, 15) is 0 Å². The SMILES string of the molecule is OCCCC1CSc2ccc(Br)cc2N1. The van der Waals surface area contributed by atoms with Crippen molar-refractivity contribution in [3.05, 3.63) is 22.7 Å². The number of aliphatic hydroxyl groups is 1. The summed E-state index contributed by atoms with van der Waals surface area (Å²) >= 11 is 5.36. The smallest absolute Gasteiger partial charge is 0.0492 e. The second-order valence-electron chi connectivity index (χ2n) is 3.66. The van der Waals surface area contributed by atoms with Crippen molar-refractivity contribution in [2.45, 2.75) is 23.8 Å². The zero-order valence-corrected chi connectivity index (χ0v) is 10.8. The number of anilines is 1. The van der Waals surface area contributed by atoms with Crippen LogP contribution in [0, 0.1) is 0 Å². The molecule has 0 saturated heterocycles. The van der Waals surface area contributed by atoms with Gasteiger partial charge in [0.2, 0.25) is 0 Å². The summed E-state index contributed by atoms with van der Waals surface area (Å²) in [6, 6.07) is 6.82. The predicted octanol–water partition coefficient (Wildman–Crippen LogP) is 3.11. The van der Waals surface area contributed by atoms with Crippen LogP contribution in [-0.2, 0) is 0 Å². The lowest BCUT2D eigenvalue weighted by Crippen LogP contribution is -2.26. The molecule has 0 spiro atoms. The van der Waals surface area contributed by atoms with Gasteiger partial charge < -0.3 is 10.4 Å². The van der Waals surface area contributed by atoms with E-state index in [1.165, 1.54) is 10.6 Å². The van der Waals surface area contributed by atoms with E-state index in [0.29, 0.717) is 6.04 Å². The van der Waals surface area contributed by atoms with Crippen molar-refractivity contribution in [1.82, 2.24) is 0 Å². The van der Waals surface area contributed by atoms with Crippen molar-refractivity contribution in [3.63, 3.8) is 0 Å². The molecule has 1 aromatic rings. The highest BCUT2D eigenvalue weighted by Gasteiger charge is 2.17. The van der Waals surface area contributed by atoms with Crippen LogP contribution in [0.4, 0.5) is 5.69 Å². The Kier molecular flexibility index (Phi) is 3.94. The first-order chi connectivity index (χ1) is 7.29. The fourth-order valence-electron chi connectivity index (χ4n) is 1.69. The van der Waals surface area contributed by atoms with Crippen molar-refractivity contribution >= 4 is 33.4 Å². The van der Waals surface area contributed by atoms with Gasteiger partial charge >= 0.3 is 0 Å². The van der Waals surface area contributed by atoms with Gasteiger partial charge in [0.25, 0.3) is 0 Å². The molecular weight excluding hydrogens is 274 g/mol. The van der Waals surface area contributed by atoms with E-state index in [2.05, 4.69) is 39.4 Å². The number of hydrogen-bond acceptors (Lipinski definition) is 3. The molecule has 0 radical (unpaired) electrons. The van der Waals surface area contributed by atoms with Gasteiger partial charge in [-0.2, -0.15) is 0 Å². The van der Waals surface area contributed by atoms with Crippen molar-refractivity contribution in [1.29, 1.82) is 0 Å². The van der Waals surface area contributed by atoms with Gasteiger partial charge in [0, 0.05) is 33.5 Å². The summed E-state index contributed by atoms with van der Waals surface area (Å²) in [6.45, 7) is 0.286. The van der Waals surface area contributed by atoms with E-state index < -0.39 is 0 Å². The minimum absolute atomic E-state index is 0.286.